The normalized spacial score (nSPS) is 10.2. The highest BCUT2D eigenvalue weighted by molar-refractivity contribution is 6.31. The molecule has 6 heteroatoms. The molecule has 2 aromatic rings. The summed E-state index contributed by atoms with van der Waals surface area (Å²) >= 11 is 5.99. The molecule has 0 bridgehead atoms. The fraction of sp³-hybridized carbons (Fsp3) is 0.0769. The lowest BCUT2D eigenvalue weighted by atomic mass is 10.2. The Balaban J connectivity index is 2.16. The Bertz CT molecular complexity index is 617. The molecular weight excluding hydrogens is 268 g/mol. The lowest BCUT2D eigenvalue weighted by Gasteiger charge is -2.08. The van der Waals surface area contributed by atoms with Gasteiger partial charge in [0.15, 0.2) is 0 Å². The molecule has 0 saturated carbocycles. The maximum atomic E-state index is 10.7. The molecule has 0 spiro atoms. The minimum Gasteiger partial charge on any atom is -0.489 e. The Morgan fingerprint density at radius 3 is 2.68 bits per heavy atom. The number of rotatable bonds is 4. The quantitative estimate of drug-likeness (QED) is 0.528. The van der Waals surface area contributed by atoms with E-state index in [9.17, 15) is 10.1 Å². The minimum atomic E-state index is -0.515. The number of halogens is 1. The molecule has 5 nitrogen and oxygen atoms in total. The van der Waals surface area contributed by atoms with E-state index in [1.165, 1.54) is 18.2 Å². The first-order valence-electron chi connectivity index (χ1n) is 5.47. The monoisotopic (exact) mass is 278 g/mol. The molecule has 0 aliphatic carbocycles. The van der Waals surface area contributed by atoms with Gasteiger partial charge >= 0.3 is 0 Å². The predicted molar refractivity (Wildman–Crippen MR) is 73.3 cm³/mol. The van der Waals surface area contributed by atoms with Gasteiger partial charge in [0.05, 0.1) is 11.0 Å². The van der Waals surface area contributed by atoms with Crippen molar-refractivity contribution >= 4 is 23.0 Å². The van der Waals surface area contributed by atoms with Crippen molar-refractivity contribution in [2.24, 2.45) is 0 Å². The molecule has 2 N–H and O–H groups in total. The highest BCUT2D eigenvalue weighted by Crippen LogP contribution is 2.25. The van der Waals surface area contributed by atoms with Gasteiger partial charge in [-0.3, -0.25) is 10.1 Å². The van der Waals surface area contributed by atoms with Crippen LogP contribution < -0.4 is 10.5 Å². The zero-order valence-corrected chi connectivity index (χ0v) is 10.6. The maximum absolute atomic E-state index is 10.7. The summed E-state index contributed by atoms with van der Waals surface area (Å²) in [6.07, 6.45) is 0. The van der Waals surface area contributed by atoms with Crippen LogP contribution >= 0.6 is 11.6 Å². The number of hydrogen-bond donors (Lipinski definition) is 1. The number of nitrogens with two attached hydrogens (primary N) is 1. The predicted octanol–water partition coefficient (Wildman–Crippen LogP) is 3.41. The third-order valence-electron chi connectivity index (χ3n) is 2.48. The van der Waals surface area contributed by atoms with E-state index in [4.69, 9.17) is 22.1 Å². The summed E-state index contributed by atoms with van der Waals surface area (Å²) < 4.78 is 5.48. The topological polar surface area (TPSA) is 78.4 Å². The molecule has 2 rings (SSSR count). The molecule has 0 saturated heterocycles. The van der Waals surface area contributed by atoms with Crippen molar-refractivity contribution in [3.63, 3.8) is 0 Å². The molecule has 0 amide bonds. The van der Waals surface area contributed by atoms with Gasteiger partial charge in [-0.25, -0.2) is 0 Å². The second kappa shape index (κ2) is 5.58. The lowest BCUT2D eigenvalue weighted by molar-refractivity contribution is -0.384. The summed E-state index contributed by atoms with van der Waals surface area (Å²) in [5.41, 5.74) is 6.56. The molecule has 0 fully saturated rings. The van der Waals surface area contributed by atoms with E-state index >= 15 is 0 Å². The van der Waals surface area contributed by atoms with Crippen LogP contribution in [0.4, 0.5) is 11.4 Å². The number of anilines is 1. The molecule has 0 aliphatic rings. The fourth-order valence-corrected chi connectivity index (χ4v) is 1.76. The summed E-state index contributed by atoms with van der Waals surface area (Å²) in [4.78, 5) is 10.2. The molecule has 19 heavy (non-hydrogen) atoms. The van der Waals surface area contributed by atoms with Gasteiger partial charge in [0, 0.05) is 28.4 Å². The van der Waals surface area contributed by atoms with Crippen LogP contribution in [0.5, 0.6) is 5.75 Å². The second-order valence-electron chi connectivity index (χ2n) is 3.90. The van der Waals surface area contributed by atoms with Gasteiger partial charge in [0.25, 0.3) is 5.69 Å². The molecular formula is C13H11ClN2O3. The van der Waals surface area contributed by atoms with Crippen LogP contribution in [0.3, 0.4) is 0 Å². The molecule has 0 unspecified atom stereocenters. The molecule has 0 aliphatic heterocycles. The molecule has 2 aromatic carbocycles. The Morgan fingerprint density at radius 2 is 2.00 bits per heavy atom. The number of ether oxygens (including phenoxy) is 1. The number of benzene rings is 2. The third-order valence-corrected chi connectivity index (χ3v) is 2.85. The Labute approximate surface area is 114 Å². The van der Waals surface area contributed by atoms with Crippen LogP contribution in [0.2, 0.25) is 5.02 Å². The van der Waals surface area contributed by atoms with E-state index < -0.39 is 4.92 Å². The van der Waals surface area contributed by atoms with Gasteiger partial charge in [-0.2, -0.15) is 0 Å². The van der Waals surface area contributed by atoms with Crippen molar-refractivity contribution in [1.82, 2.24) is 0 Å². The standard InChI is InChI=1S/C13H11ClN2O3/c14-13-4-2-1-3-9(13)8-19-12-6-10(15)5-11(7-12)16(17)18/h1-7H,8,15H2. The van der Waals surface area contributed by atoms with Crippen LogP contribution in [-0.2, 0) is 6.61 Å². The molecule has 0 aromatic heterocycles. The van der Waals surface area contributed by atoms with E-state index in [1.807, 2.05) is 18.2 Å². The number of hydrogen-bond acceptors (Lipinski definition) is 4. The average molecular weight is 279 g/mol. The zero-order valence-electron chi connectivity index (χ0n) is 9.88. The van der Waals surface area contributed by atoms with E-state index in [0.29, 0.717) is 10.8 Å². The second-order valence-corrected chi connectivity index (χ2v) is 4.30. The first-order chi connectivity index (χ1) is 9.06. The van der Waals surface area contributed by atoms with E-state index in [1.54, 1.807) is 6.07 Å². The van der Waals surface area contributed by atoms with Crippen molar-refractivity contribution in [3.05, 3.63) is 63.2 Å². The summed E-state index contributed by atoms with van der Waals surface area (Å²) in [7, 11) is 0. The van der Waals surface area contributed by atoms with Crippen molar-refractivity contribution in [3.8, 4) is 5.75 Å². The minimum absolute atomic E-state index is 0.103. The first kappa shape index (κ1) is 13.2. The van der Waals surface area contributed by atoms with Gasteiger partial charge in [-0.15, -0.1) is 0 Å². The summed E-state index contributed by atoms with van der Waals surface area (Å²) in [5, 5.41) is 11.3. The summed E-state index contributed by atoms with van der Waals surface area (Å²) in [6.45, 7) is 0.223. The Morgan fingerprint density at radius 1 is 1.26 bits per heavy atom. The van der Waals surface area contributed by atoms with Gasteiger partial charge in [-0.05, 0) is 6.07 Å². The number of nitrogens with zero attached hydrogens (tertiary/aromatic N) is 1. The average Bonchev–Trinajstić information content (AvgIpc) is 2.37. The van der Waals surface area contributed by atoms with Crippen LogP contribution in [0.25, 0.3) is 0 Å². The highest BCUT2D eigenvalue weighted by Gasteiger charge is 2.09. The van der Waals surface area contributed by atoms with Crippen LogP contribution in [-0.4, -0.2) is 4.92 Å². The molecule has 0 heterocycles. The van der Waals surface area contributed by atoms with Crippen LogP contribution in [0.1, 0.15) is 5.56 Å². The third kappa shape index (κ3) is 3.35. The Kier molecular flexibility index (Phi) is 3.87. The van der Waals surface area contributed by atoms with Gasteiger partial charge < -0.3 is 10.5 Å². The number of nitro groups is 1. The van der Waals surface area contributed by atoms with Crippen LogP contribution in [0, 0.1) is 10.1 Å². The smallest absolute Gasteiger partial charge is 0.275 e. The Hall–Kier alpha value is -2.27. The van der Waals surface area contributed by atoms with Crippen LogP contribution in [0.15, 0.2) is 42.5 Å². The van der Waals surface area contributed by atoms with Crippen molar-refractivity contribution in [2.75, 3.05) is 5.73 Å². The van der Waals surface area contributed by atoms with Crippen molar-refractivity contribution < 1.29 is 9.66 Å². The van der Waals surface area contributed by atoms with Gasteiger partial charge in [-0.1, -0.05) is 29.8 Å². The number of nitrogen functional groups attached to an aromatic ring is 1. The maximum Gasteiger partial charge on any atom is 0.275 e. The largest absolute Gasteiger partial charge is 0.489 e. The highest BCUT2D eigenvalue weighted by atomic mass is 35.5. The number of nitro benzene ring substituents is 1. The summed E-state index contributed by atoms with van der Waals surface area (Å²) in [5.74, 6) is 0.339. The SMILES string of the molecule is Nc1cc(OCc2ccccc2Cl)cc([N+](=O)[O-])c1. The molecule has 0 atom stereocenters. The molecule has 98 valence electrons. The van der Waals surface area contributed by atoms with E-state index in [-0.39, 0.29) is 18.0 Å². The van der Waals surface area contributed by atoms with Gasteiger partial charge in [0.2, 0.25) is 0 Å². The van der Waals surface area contributed by atoms with Crippen molar-refractivity contribution in [1.29, 1.82) is 0 Å². The van der Waals surface area contributed by atoms with Gasteiger partial charge in [0.1, 0.15) is 12.4 Å². The summed E-state index contributed by atoms with van der Waals surface area (Å²) in [6, 6.07) is 11.4. The first-order valence-corrected chi connectivity index (χ1v) is 5.85. The zero-order chi connectivity index (χ0) is 13.8. The molecule has 0 radical (unpaired) electrons. The number of non-ortho nitro benzene ring substituents is 1. The van der Waals surface area contributed by atoms with E-state index in [2.05, 4.69) is 0 Å². The lowest BCUT2D eigenvalue weighted by Crippen LogP contribution is -1.98. The van der Waals surface area contributed by atoms with E-state index in [0.717, 1.165) is 5.56 Å². The fourth-order valence-electron chi connectivity index (χ4n) is 1.57. The van der Waals surface area contributed by atoms with Crippen molar-refractivity contribution in [2.45, 2.75) is 6.61 Å².